The highest BCUT2D eigenvalue weighted by molar-refractivity contribution is 5.68. The van der Waals surface area contributed by atoms with Gasteiger partial charge < -0.3 is 14.6 Å². The van der Waals surface area contributed by atoms with Crippen LogP contribution < -0.4 is 9.47 Å². The lowest BCUT2D eigenvalue weighted by molar-refractivity contribution is -0.137. The van der Waals surface area contributed by atoms with E-state index in [1.54, 1.807) is 20.3 Å². The van der Waals surface area contributed by atoms with Gasteiger partial charge >= 0.3 is 5.97 Å². The minimum absolute atomic E-state index is 0.0442. The van der Waals surface area contributed by atoms with Crippen LogP contribution in [0.15, 0.2) is 18.2 Å². The standard InChI is InChI=1S/C12H16O4/c1-8(6-12(13)14)9-4-5-10(15-2)11(7-9)16-3/h4-5,7-8H,6H2,1-3H3,(H,13,14). The fourth-order valence-electron chi connectivity index (χ4n) is 1.54. The molecule has 1 N–H and O–H groups in total. The maximum absolute atomic E-state index is 10.6. The lowest BCUT2D eigenvalue weighted by Gasteiger charge is -2.13. The van der Waals surface area contributed by atoms with Gasteiger partial charge in [0.1, 0.15) is 0 Å². The number of benzene rings is 1. The monoisotopic (exact) mass is 224 g/mol. The number of hydrogen-bond donors (Lipinski definition) is 1. The third-order valence-electron chi connectivity index (χ3n) is 2.46. The topological polar surface area (TPSA) is 55.8 Å². The van der Waals surface area contributed by atoms with Crippen LogP contribution in [-0.4, -0.2) is 25.3 Å². The lowest BCUT2D eigenvalue weighted by atomic mass is 9.97. The molecule has 0 spiro atoms. The summed E-state index contributed by atoms with van der Waals surface area (Å²) in [6.45, 7) is 1.87. The molecular weight excluding hydrogens is 208 g/mol. The van der Waals surface area contributed by atoms with Crippen molar-refractivity contribution < 1.29 is 19.4 Å². The average molecular weight is 224 g/mol. The van der Waals surface area contributed by atoms with Gasteiger partial charge in [0, 0.05) is 0 Å². The van der Waals surface area contributed by atoms with E-state index in [9.17, 15) is 4.79 Å². The molecule has 0 heterocycles. The number of rotatable bonds is 5. The van der Waals surface area contributed by atoms with Gasteiger partial charge in [0.25, 0.3) is 0 Å². The number of carboxylic acids is 1. The molecule has 0 saturated carbocycles. The van der Waals surface area contributed by atoms with Gasteiger partial charge in [-0.2, -0.15) is 0 Å². The smallest absolute Gasteiger partial charge is 0.303 e. The van der Waals surface area contributed by atoms with Crippen molar-refractivity contribution in [3.05, 3.63) is 23.8 Å². The first-order chi connectivity index (χ1) is 7.58. The van der Waals surface area contributed by atoms with Crippen LogP contribution in [0, 0.1) is 0 Å². The van der Waals surface area contributed by atoms with Crippen molar-refractivity contribution in [2.75, 3.05) is 14.2 Å². The fraction of sp³-hybridized carbons (Fsp3) is 0.417. The number of carboxylic acid groups (broad SMARTS) is 1. The first-order valence-corrected chi connectivity index (χ1v) is 5.02. The van der Waals surface area contributed by atoms with Crippen LogP contribution in [0.2, 0.25) is 0 Å². The third-order valence-corrected chi connectivity index (χ3v) is 2.46. The molecule has 1 aromatic rings. The predicted octanol–water partition coefficient (Wildman–Crippen LogP) is 2.28. The average Bonchev–Trinajstić information content (AvgIpc) is 2.27. The first-order valence-electron chi connectivity index (χ1n) is 5.02. The zero-order valence-electron chi connectivity index (χ0n) is 9.69. The zero-order chi connectivity index (χ0) is 12.1. The Kier molecular flexibility index (Phi) is 4.17. The van der Waals surface area contributed by atoms with Crippen LogP contribution in [0.3, 0.4) is 0 Å². The molecule has 0 aliphatic heterocycles. The molecule has 0 aliphatic carbocycles. The van der Waals surface area contributed by atoms with Gasteiger partial charge in [-0.25, -0.2) is 0 Å². The van der Waals surface area contributed by atoms with E-state index in [4.69, 9.17) is 14.6 Å². The maximum Gasteiger partial charge on any atom is 0.303 e. The van der Waals surface area contributed by atoms with Crippen LogP contribution in [-0.2, 0) is 4.79 Å². The molecule has 0 fully saturated rings. The Bertz CT molecular complexity index is 373. The molecule has 0 amide bonds. The first kappa shape index (κ1) is 12.4. The predicted molar refractivity (Wildman–Crippen MR) is 60.2 cm³/mol. The number of hydrogen-bond acceptors (Lipinski definition) is 3. The third kappa shape index (κ3) is 2.89. The van der Waals surface area contributed by atoms with Crippen molar-refractivity contribution in [3.8, 4) is 11.5 Å². The van der Waals surface area contributed by atoms with Crippen LogP contribution >= 0.6 is 0 Å². The van der Waals surface area contributed by atoms with Crippen molar-refractivity contribution in [3.63, 3.8) is 0 Å². The largest absolute Gasteiger partial charge is 0.493 e. The van der Waals surface area contributed by atoms with Gasteiger partial charge in [-0.05, 0) is 23.6 Å². The molecular formula is C12H16O4. The second-order valence-electron chi connectivity index (χ2n) is 3.61. The molecule has 0 saturated heterocycles. The summed E-state index contributed by atoms with van der Waals surface area (Å²) in [5.74, 6) is 0.422. The Morgan fingerprint density at radius 3 is 2.44 bits per heavy atom. The van der Waals surface area contributed by atoms with Crippen LogP contribution in [0.4, 0.5) is 0 Å². The van der Waals surface area contributed by atoms with E-state index < -0.39 is 5.97 Å². The summed E-state index contributed by atoms with van der Waals surface area (Å²) < 4.78 is 10.3. The van der Waals surface area contributed by atoms with Crippen molar-refractivity contribution in [1.82, 2.24) is 0 Å². The SMILES string of the molecule is COc1ccc(C(C)CC(=O)O)cc1OC. The van der Waals surface area contributed by atoms with E-state index in [1.807, 2.05) is 19.1 Å². The Hall–Kier alpha value is -1.71. The zero-order valence-corrected chi connectivity index (χ0v) is 9.69. The Morgan fingerprint density at radius 2 is 1.94 bits per heavy atom. The molecule has 0 aliphatic rings. The molecule has 4 heteroatoms. The molecule has 0 aromatic heterocycles. The molecule has 1 rings (SSSR count). The second-order valence-corrected chi connectivity index (χ2v) is 3.61. The number of carbonyl (C=O) groups is 1. The van der Waals surface area contributed by atoms with E-state index in [0.29, 0.717) is 11.5 Å². The normalized spacial score (nSPS) is 11.9. The minimum atomic E-state index is -0.803. The van der Waals surface area contributed by atoms with E-state index in [1.165, 1.54) is 0 Å². The molecule has 0 radical (unpaired) electrons. The highest BCUT2D eigenvalue weighted by atomic mass is 16.5. The highest BCUT2D eigenvalue weighted by Gasteiger charge is 2.12. The summed E-state index contributed by atoms with van der Waals surface area (Å²) in [6, 6.07) is 5.45. The van der Waals surface area contributed by atoms with Gasteiger partial charge in [-0.1, -0.05) is 13.0 Å². The summed E-state index contributed by atoms with van der Waals surface area (Å²) in [5.41, 5.74) is 0.931. The Labute approximate surface area is 94.8 Å². The summed E-state index contributed by atoms with van der Waals surface area (Å²) in [5, 5.41) is 8.72. The number of aliphatic carboxylic acids is 1. The molecule has 88 valence electrons. The Morgan fingerprint density at radius 1 is 1.31 bits per heavy atom. The minimum Gasteiger partial charge on any atom is -0.493 e. The van der Waals surface area contributed by atoms with Gasteiger partial charge in [0.05, 0.1) is 20.6 Å². The summed E-state index contributed by atoms with van der Waals surface area (Å²) >= 11 is 0. The molecule has 1 atom stereocenters. The maximum atomic E-state index is 10.6. The number of ether oxygens (including phenoxy) is 2. The van der Waals surface area contributed by atoms with Gasteiger partial charge in [0.15, 0.2) is 11.5 Å². The summed E-state index contributed by atoms with van der Waals surface area (Å²) in [6.07, 6.45) is 0.107. The van der Waals surface area contributed by atoms with Crippen LogP contribution in [0.1, 0.15) is 24.8 Å². The van der Waals surface area contributed by atoms with E-state index in [-0.39, 0.29) is 12.3 Å². The van der Waals surface area contributed by atoms with E-state index in [0.717, 1.165) is 5.56 Å². The van der Waals surface area contributed by atoms with Crippen molar-refractivity contribution in [2.45, 2.75) is 19.3 Å². The van der Waals surface area contributed by atoms with Crippen molar-refractivity contribution in [1.29, 1.82) is 0 Å². The Balaban J connectivity index is 2.93. The lowest BCUT2D eigenvalue weighted by Crippen LogP contribution is -2.03. The van der Waals surface area contributed by atoms with Crippen molar-refractivity contribution in [2.24, 2.45) is 0 Å². The molecule has 16 heavy (non-hydrogen) atoms. The molecule has 0 bridgehead atoms. The fourth-order valence-corrected chi connectivity index (χ4v) is 1.54. The van der Waals surface area contributed by atoms with E-state index >= 15 is 0 Å². The quantitative estimate of drug-likeness (QED) is 0.833. The van der Waals surface area contributed by atoms with Crippen LogP contribution in [0.5, 0.6) is 11.5 Å². The second kappa shape index (κ2) is 5.39. The molecule has 1 aromatic carbocycles. The molecule has 4 nitrogen and oxygen atoms in total. The van der Waals surface area contributed by atoms with Gasteiger partial charge in [-0.15, -0.1) is 0 Å². The summed E-state index contributed by atoms with van der Waals surface area (Å²) in [7, 11) is 3.13. The highest BCUT2D eigenvalue weighted by Crippen LogP contribution is 2.31. The summed E-state index contributed by atoms with van der Waals surface area (Å²) in [4.78, 5) is 10.6. The van der Waals surface area contributed by atoms with Gasteiger partial charge in [0.2, 0.25) is 0 Å². The number of methoxy groups -OCH3 is 2. The van der Waals surface area contributed by atoms with Crippen LogP contribution in [0.25, 0.3) is 0 Å². The molecule has 1 unspecified atom stereocenters. The van der Waals surface area contributed by atoms with Gasteiger partial charge in [-0.3, -0.25) is 4.79 Å². The van der Waals surface area contributed by atoms with E-state index in [2.05, 4.69) is 0 Å². The van der Waals surface area contributed by atoms with Crippen molar-refractivity contribution >= 4 is 5.97 Å².